The number of ether oxygens (including phenoxy) is 1. The van der Waals surface area contributed by atoms with E-state index in [0.29, 0.717) is 24.2 Å². The maximum atomic E-state index is 12.6. The molecule has 0 radical (unpaired) electrons. The number of aliphatic hydroxyl groups excluding tert-OH is 1. The summed E-state index contributed by atoms with van der Waals surface area (Å²) in [5.74, 6) is -0.987. The maximum Gasteiger partial charge on any atom is 0.328 e. The number of esters is 1. The van der Waals surface area contributed by atoms with Crippen LogP contribution in [0.5, 0.6) is 0 Å². The highest BCUT2D eigenvalue weighted by atomic mass is 16.5. The number of benzene rings is 1. The van der Waals surface area contributed by atoms with Crippen molar-refractivity contribution in [2.45, 2.75) is 45.9 Å². The predicted molar refractivity (Wildman–Crippen MR) is 98.7 cm³/mol. The van der Waals surface area contributed by atoms with Crippen LogP contribution in [0, 0.1) is 0 Å². The Labute approximate surface area is 161 Å². The van der Waals surface area contributed by atoms with Crippen molar-refractivity contribution in [1.82, 2.24) is 15.0 Å². The van der Waals surface area contributed by atoms with E-state index in [1.54, 1.807) is 30.0 Å². The SMILES string of the molecule is CC(=O)N1CCc2cc(C(=O)C(C)OC(=O)Cn3cc(C(C)O)nn3)ccc21. The molecule has 0 bridgehead atoms. The van der Waals surface area contributed by atoms with Crippen molar-refractivity contribution in [1.29, 1.82) is 0 Å². The molecule has 1 amide bonds. The first-order chi connectivity index (χ1) is 13.3. The first kappa shape index (κ1) is 19.7. The topological polar surface area (TPSA) is 115 Å². The van der Waals surface area contributed by atoms with Gasteiger partial charge in [0.1, 0.15) is 12.2 Å². The van der Waals surface area contributed by atoms with Gasteiger partial charge in [0.2, 0.25) is 11.7 Å². The van der Waals surface area contributed by atoms with Crippen LogP contribution in [0.4, 0.5) is 5.69 Å². The van der Waals surface area contributed by atoms with Crippen LogP contribution in [0.3, 0.4) is 0 Å². The number of ketones is 1. The van der Waals surface area contributed by atoms with Crippen molar-refractivity contribution in [2.75, 3.05) is 11.4 Å². The molecule has 2 unspecified atom stereocenters. The molecular formula is C19H22N4O5. The van der Waals surface area contributed by atoms with E-state index in [4.69, 9.17) is 4.74 Å². The van der Waals surface area contributed by atoms with Gasteiger partial charge in [-0.1, -0.05) is 5.21 Å². The third kappa shape index (κ3) is 4.09. The zero-order valence-electron chi connectivity index (χ0n) is 16.0. The van der Waals surface area contributed by atoms with E-state index in [9.17, 15) is 19.5 Å². The van der Waals surface area contributed by atoms with E-state index in [1.807, 2.05) is 0 Å². The second kappa shape index (κ2) is 7.89. The Morgan fingerprint density at radius 2 is 2.04 bits per heavy atom. The van der Waals surface area contributed by atoms with Gasteiger partial charge in [-0.05, 0) is 44.0 Å². The second-order valence-corrected chi connectivity index (χ2v) is 6.78. The van der Waals surface area contributed by atoms with Gasteiger partial charge < -0.3 is 14.7 Å². The van der Waals surface area contributed by atoms with Crippen molar-refractivity contribution in [3.63, 3.8) is 0 Å². The number of hydrogen-bond acceptors (Lipinski definition) is 7. The molecule has 28 heavy (non-hydrogen) atoms. The zero-order chi connectivity index (χ0) is 20.4. The molecule has 3 rings (SSSR count). The molecule has 0 saturated carbocycles. The minimum atomic E-state index is -0.962. The number of nitrogens with zero attached hydrogens (tertiary/aromatic N) is 4. The fourth-order valence-electron chi connectivity index (χ4n) is 3.12. The van der Waals surface area contributed by atoms with Crippen LogP contribution in [0.15, 0.2) is 24.4 Å². The lowest BCUT2D eigenvalue weighted by atomic mass is 10.0. The van der Waals surface area contributed by atoms with Crippen molar-refractivity contribution in [3.05, 3.63) is 41.2 Å². The lowest BCUT2D eigenvalue weighted by molar-refractivity contribution is -0.147. The Kier molecular flexibility index (Phi) is 5.55. The number of rotatable bonds is 6. The average Bonchev–Trinajstić information content (AvgIpc) is 3.27. The smallest absolute Gasteiger partial charge is 0.328 e. The molecule has 1 aliphatic heterocycles. The van der Waals surface area contributed by atoms with E-state index >= 15 is 0 Å². The molecule has 0 aliphatic carbocycles. The molecule has 0 fully saturated rings. The Hall–Kier alpha value is -3.07. The number of aliphatic hydroxyl groups is 1. The molecule has 2 heterocycles. The van der Waals surface area contributed by atoms with Gasteiger partial charge in [0, 0.05) is 24.7 Å². The predicted octanol–water partition coefficient (Wildman–Crippen LogP) is 1.05. The number of anilines is 1. The number of aromatic nitrogens is 3. The summed E-state index contributed by atoms with van der Waals surface area (Å²) in [5, 5.41) is 16.9. The molecule has 0 spiro atoms. The Morgan fingerprint density at radius 3 is 2.68 bits per heavy atom. The minimum absolute atomic E-state index is 0.0352. The molecule has 0 saturated heterocycles. The maximum absolute atomic E-state index is 12.6. The summed E-state index contributed by atoms with van der Waals surface area (Å²) in [7, 11) is 0. The molecule has 9 heteroatoms. The van der Waals surface area contributed by atoms with Crippen LogP contribution in [-0.2, 0) is 27.3 Å². The Morgan fingerprint density at radius 1 is 1.29 bits per heavy atom. The third-order valence-electron chi connectivity index (χ3n) is 4.59. The fourth-order valence-corrected chi connectivity index (χ4v) is 3.12. The van der Waals surface area contributed by atoms with Crippen LogP contribution < -0.4 is 4.90 Å². The van der Waals surface area contributed by atoms with Crippen molar-refractivity contribution >= 4 is 23.3 Å². The first-order valence-electron chi connectivity index (χ1n) is 8.99. The molecule has 1 N–H and O–H groups in total. The van der Waals surface area contributed by atoms with E-state index in [2.05, 4.69) is 10.3 Å². The summed E-state index contributed by atoms with van der Waals surface area (Å²) in [5.41, 5.74) is 2.51. The van der Waals surface area contributed by atoms with Gasteiger partial charge in [0.25, 0.3) is 0 Å². The molecule has 1 aromatic heterocycles. The standard InChI is InChI=1S/C19H22N4O5/c1-11(24)16-9-22(21-20-16)10-18(26)28-12(2)19(27)15-4-5-17-14(8-15)6-7-23(17)13(3)25/h4-5,8-9,11-12,24H,6-7,10H2,1-3H3. The van der Waals surface area contributed by atoms with E-state index in [-0.39, 0.29) is 18.2 Å². The van der Waals surface area contributed by atoms with Crippen LogP contribution >= 0.6 is 0 Å². The average molecular weight is 386 g/mol. The molecule has 2 atom stereocenters. The largest absolute Gasteiger partial charge is 0.453 e. The van der Waals surface area contributed by atoms with E-state index in [1.165, 1.54) is 24.7 Å². The molecule has 148 valence electrons. The molecule has 1 aromatic carbocycles. The van der Waals surface area contributed by atoms with Gasteiger partial charge in [-0.2, -0.15) is 0 Å². The van der Waals surface area contributed by atoms with E-state index < -0.39 is 18.2 Å². The van der Waals surface area contributed by atoms with Crippen LogP contribution in [0.1, 0.15) is 48.5 Å². The summed E-state index contributed by atoms with van der Waals surface area (Å²) in [4.78, 5) is 38.0. The summed E-state index contributed by atoms with van der Waals surface area (Å²) >= 11 is 0. The molecule has 1 aliphatic rings. The summed E-state index contributed by atoms with van der Waals surface area (Å²) < 4.78 is 6.46. The highest BCUT2D eigenvalue weighted by Gasteiger charge is 2.25. The summed E-state index contributed by atoms with van der Waals surface area (Å²) in [6.45, 7) is 4.95. The second-order valence-electron chi connectivity index (χ2n) is 6.78. The Balaban J connectivity index is 1.62. The van der Waals surface area contributed by atoms with E-state index in [0.717, 1.165) is 11.3 Å². The van der Waals surface area contributed by atoms with Crippen LogP contribution in [-0.4, -0.2) is 50.4 Å². The number of hydrogen-bond donors (Lipinski definition) is 1. The van der Waals surface area contributed by atoms with Gasteiger partial charge >= 0.3 is 5.97 Å². The minimum Gasteiger partial charge on any atom is -0.453 e. The third-order valence-corrected chi connectivity index (χ3v) is 4.59. The quantitative estimate of drug-likeness (QED) is 0.583. The van der Waals surface area contributed by atoms with Gasteiger partial charge in [0.05, 0.1) is 12.3 Å². The molecule has 9 nitrogen and oxygen atoms in total. The van der Waals surface area contributed by atoms with Crippen molar-refractivity contribution in [3.8, 4) is 0 Å². The highest BCUT2D eigenvalue weighted by Crippen LogP contribution is 2.29. The number of fused-ring (bicyclic) bond motifs is 1. The Bertz CT molecular complexity index is 921. The molecule has 2 aromatic rings. The first-order valence-corrected chi connectivity index (χ1v) is 8.99. The number of Topliss-reactive ketones (excluding diaryl/α,β-unsaturated/α-hetero) is 1. The van der Waals surface area contributed by atoms with Gasteiger partial charge in [-0.15, -0.1) is 5.10 Å². The summed E-state index contributed by atoms with van der Waals surface area (Å²) in [6.07, 6.45) is 0.376. The number of carbonyl (C=O) groups is 3. The number of amides is 1. The van der Waals surface area contributed by atoms with Crippen molar-refractivity contribution in [2.24, 2.45) is 0 Å². The van der Waals surface area contributed by atoms with Crippen LogP contribution in [0.25, 0.3) is 0 Å². The van der Waals surface area contributed by atoms with Crippen LogP contribution in [0.2, 0.25) is 0 Å². The van der Waals surface area contributed by atoms with Gasteiger partial charge in [-0.3, -0.25) is 14.4 Å². The fraction of sp³-hybridized carbons (Fsp3) is 0.421. The van der Waals surface area contributed by atoms with Crippen molar-refractivity contribution < 1.29 is 24.2 Å². The lowest BCUT2D eigenvalue weighted by Gasteiger charge is -2.16. The normalized spacial score (nSPS) is 15.1. The molecular weight excluding hydrogens is 364 g/mol. The van der Waals surface area contributed by atoms with Gasteiger partial charge in [0.15, 0.2) is 6.10 Å². The van der Waals surface area contributed by atoms with Gasteiger partial charge in [-0.25, -0.2) is 4.68 Å². The monoisotopic (exact) mass is 386 g/mol. The lowest BCUT2D eigenvalue weighted by Crippen LogP contribution is -2.27. The zero-order valence-corrected chi connectivity index (χ0v) is 16.0. The highest BCUT2D eigenvalue weighted by molar-refractivity contribution is 6.01. The summed E-state index contributed by atoms with van der Waals surface area (Å²) in [6, 6.07) is 5.13. The number of carbonyl (C=O) groups excluding carboxylic acids is 3.